The van der Waals surface area contributed by atoms with Crippen LogP contribution in [0.4, 0.5) is 4.79 Å². The highest BCUT2D eigenvalue weighted by Crippen LogP contribution is 2.24. The Balaban J connectivity index is 2.52. The zero-order chi connectivity index (χ0) is 32.9. The van der Waals surface area contributed by atoms with Gasteiger partial charge in [0, 0.05) is 6.42 Å². The van der Waals surface area contributed by atoms with Crippen molar-refractivity contribution in [1.82, 2.24) is 15.5 Å². The molecule has 0 aromatic heterocycles. The van der Waals surface area contributed by atoms with Gasteiger partial charge in [-0.3, -0.25) is 9.59 Å². The third kappa shape index (κ3) is 12.3. The molecule has 0 saturated carbocycles. The molecule has 0 aliphatic carbocycles. The van der Waals surface area contributed by atoms with Crippen molar-refractivity contribution in [3.63, 3.8) is 0 Å². The zero-order valence-electron chi connectivity index (χ0n) is 26.6. The maximum atomic E-state index is 14.1. The summed E-state index contributed by atoms with van der Waals surface area (Å²) in [4.78, 5) is 55.4. The molecule has 0 heterocycles. The molecule has 0 spiro atoms. The fourth-order valence-electron chi connectivity index (χ4n) is 4.29. The van der Waals surface area contributed by atoms with Gasteiger partial charge in [0.05, 0.1) is 6.07 Å². The van der Waals surface area contributed by atoms with Crippen molar-refractivity contribution in [3.05, 3.63) is 71.8 Å². The number of amides is 3. The van der Waals surface area contributed by atoms with E-state index >= 15 is 0 Å². The van der Waals surface area contributed by atoms with E-state index in [2.05, 4.69) is 10.6 Å². The number of nitrogens with one attached hydrogen (secondary N) is 2. The lowest BCUT2D eigenvalue weighted by Crippen LogP contribution is -2.55. The van der Waals surface area contributed by atoms with Crippen molar-refractivity contribution in [2.45, 2.75) is 83.7 Å². The second-order valence-corrected chi connectivity index (χ2v) is 13.2. The standard InChI is InChI=1S/C33H44N4O6S/c1-32(2,3)42-30(40)26(22-23-14-10-8-11-15-23)35-28(38)27(24-16-12-9-13-17-24)37(20-19-34)29(39)25(18-21-44-7)36-31(41)43-33(4,5)6/h8-17,25-27H,18,20-22H2,1-7H3,(H,35,38)(H,36,41). The first-order valence-corrected chi connectivity index (χ1v) is 15.8. The van der Waals surface area contributed by atoms with Crippen LogP contribution in [0, 0.1) is 11.3 Å². The lowest BCUT2D eigenvalue weighted by Gasteiger charge is -2.34. The molecule has 44 heavy (non-hydrogen) atoms. The third-order valence-corrected chi connectivity index (χ3v) is 6.73. The number of nitrogens with zero attached hydrogens (tertiary/aromatic N) is 2. The number of hydrogen-bond acceptors (Lipinski definition) is 8. The van der Waals surface area contributed by atoms with Crippen molar-refractivity contribution < 1.29 is 28.7 Å². The molecule has 0 aliphatic rings. The minimum atomic E-state index is -1.29. The van der Waals surface area contributed by atoms with Crippen molar-refractivity contribution in [1.29, 1.82) is 5.26 Å². The number of alkyl carbamates (subject to hydrolysis) is 1. The molecule has 0 fully saturated rings. The van der Waals surface area contributed by atoms with Gasteiger partial charge in [0.25, 0.3) is 0 Å². The Labute approximate surface area is 264 Å². The average molecular weight is 625 g/mol. The molecule has 3 unspecified atom stereocenters. The molecule has 2 rings (SSSR count). The van der Waals surface area contributed by atoms with Crippen molar-refractivity contribution in [3.8, 4) is 6.07 Å². The minimum Gasteiger partial charge on any atom is -0.458 e. The van der Waals surface area contributed by atoms with E-state index in [1.165, 1.54) is 11.8 Å². The number of carbonyl (C=O) groups is 4. The summed E-state index contributed by atoms with van der Waals surface area (Å²) >= 11 is 1.48. The monoisotopic (exact) mass is 624 g/mol. The van der Waals surface area contributed by atoms with Crippen LogP contribution in [0.3, 0.4) is 0 Å². The Kier molecular flexibility index (Phi) is 13.7. The highest BCUT2D eigenvalue weighted by atomic mass is 32.2. The van der Waals surface area contributed by atoms with E-state index in [1.54, 1.807) is 71.9 Å². The maximum Gasteiger partial charge on any atom is 0.408 e. The normalized spacial score (nSPS) is 13.4. The molecule has 10 nitrogen and oxygen atoms in total. The predicted molar refractivity (Wildman–Crippen MR) is 171 cm³/mol. The fraction of sp³-hybridized carbons (Fsp3) is 0.485. The Morgan fingerprint density at radius 3 is 1.95 bits per heavy atom. The number of hydrogen-bond donors (Lipinski definition) is 2. The Morgan fingerprint density at radius 2 is 1.43 bits per heavy atom. The molecular formula is C33H44N4O6S. The van der Waals surface area contributed by atoms with Crippen LogP contribution in [0.15, 0.2) is 60.7 Å². The van der Waals surface area contributed by atoms with Gasteiger partial charge in [0.1, 0.15) is 35.9 Å². The van der Waals surface area contributed by atoms with Gasteiger partial charge in [0.2, 0.25) is 11.8 Å². The van der Waals surface area contributed by atoms with Gasteiger partial charge in [-0.15, -0.1) is 0 Å². The SMILES string of the molecule is CSCCC(NC(=O)OC(C)(C)C)C(=O)N(CC#N)C(C(=O)NC(Cc1ccccc1)C(=O)OC(C)(C)C)c1ccccc1. The average Bonchev–Trinajstić information content (AvgIpc) is 2.93. The smallest absolute Gasteiger partial charge is 0.408 e. The van der Waals surface area contributed by atoms with Crippen LogP contribution in [0.1, 0.15) is 65.1 Å². The second kappa shape index (κ2) is 16.7. The second-order valence-electron chi connectivity index (χ2n) is 12.2. The van der Waals surface area contributed by atoms with Crippen LogP contribution in [0.25, 0.3) is 0 Å². The van der Waals surface area contributed by atoms with E-state index in [0.717, 1.165) is 10.5 Å². The Hall–Kier alpha value is -4.04. The summed E-state index contributed by atoms with van der Waals surface area (Å²) in [5, 5.41) is 15.2. The van der Waals surface area contributed by atoms with E-state index in [0.29, 0.717) is 11.3 Å². The molecule has 3 atom stereocenters. The molecule has 2 N–H and O–H groups in total. The summed E-state index contributed by atoms with van der Waals surface area (Å²) in [5.41, 5.74) is -0.387. The summed E-state index contributed by atoms with van der Waals surface area (Å²) < 4.78 is 11.0. The van der Waals surface area contributed by atoms with Crippen molar-refractivity contribution in [2.24, 2.45) is 0 Å². The molecule has 11 heteroatoms. The van der Waals surface area contributed by atoms with Crippen LogP contribution in [0.5, 0.6) is 0 Å². The number of rotatable bonds is 13. The summed E-state index contributed by atoms with van der Waals surface area (Å²) in [6.07, 6.45) is 1.46. The largest absolute Gasteiger partial charge is 0.458 e. The molecule has 0 aliphatic heterocycles. The zero-order valence-corrected chi connectivity index (χ0v) is 27.4. The maximum absolute atomic E-state index is 14.1. The Morgan fingerprint density at radius 1 is 0.864 bits per heavy atom. The summed E-state index contributed by atoms with van der Waals surface area (Å²) in [6, 6.07) is 16.2. The quantitative estimate of drug-likeness (QED) is 0.240. The van der Waals surface area contributed by atoms with E-state index in [9.17, 15) is 24.4 Å². The van der Waals surface area contributed by atoms with Crippen LogP contribution in [-0.4, -0.2) is 70.6 Å². The molecule has 238 valence electrons. The Bertz CT molecular complexity index is 1290. The van der Waals surface area contributed by atoms with Gasteiger partial charge in [-0.05, 0) is 71.1 Å². The molecular weight excluding hydrogens is 580 g/mol. The minimum absolute atomic E-state index is 0.145. The first-order valence-electron chi connectivity index (χ1n) is 14.4. The van der Waals surface area contributed by atoms with Crippen LogP contribution in [-0.2, 0) is 30.3 Å². The number of nitriles is 1. The lowest BCUT2D eigenvalue weighted by molar-refractivity contribution is -0.159. The van der Waals surface area contributed by atoms with Crippen molar-refractivity contribution >= 4 is 35.6 Å². The highest BCUT2D eigenvalue weighted by molar-refractivity contribution is 7.98. The number of esters is 1. The van der Waals surface area contributed by atoms with Gasteiger partial charge in [-0.1, -0.05) is 60.7 Å². The third-order valence-electron chi connectivity index (χ3n) is 6.09. The molecule has 2 aromatic carbocycles. The first-order chi connectivity index (χ1) is 20.6. The van der Waals surface area contributed by atoms with Crippen LogP contribution < -0.4 is 10.6 Å². The van der Waals surface area contributed by atoms with Gasteiger partial charge in [-0.25, -0.2) is 9.59 Å². The molecule has 0 bridgehead atoms. The lowest BCUT2D eigenvalue weighted by atomic mass is 10.0. The van der Waals surface area contributed by atoms with Crippen LogP contribution in [0.2, 0.25) is 0 Å². The van der Waals surface area contributed by atoms with Gasteiger partial charge < -0.3 is 25.0 Å². The summed E-state index contributed by atoms with van der Waals surface area (Å²) in [7, 11) is 0. The number of thioether (sulfide) groups is 1. The molecule has 0 radical (unpaired) electrons. The summed E-state index contributed by atoms with van der Waals surface area (Å²) in [6.45, 7) is 9.88. The van der Waals surface area contributed by atoms with E-state index in [-0.39, 0.29) is 12.8 Å². The first kappa shape index (κ1) is 36.2. The van der Waals surface area contributed by atoms with Gasteiger partial charge >= 0.3 is 12.1 Å². The molecule has 0 saturated heterocycles. The van der Waals surface area contributed by atoms with Gasteiger partial charge in [0.15, 0.2) is 0 Å². The van der Waals surface area contributed by atoms with Crippen LogP contribution >= 0.6 is 11.8 Å². The van der Waals surface area contributed by atoms with E-state index < -0.39 is 59.7 Å². The van der Waals surface area contributed by atoms with Crippen molar-refractivity contribution in [2.75, 3.05) is 18.6 Å². The molecule has 2 aromatic rings. The predicted octanol–water partition coefficient (Wildman–Crippen LogP) is 4.80. The summed E-state index contributed by atoms with van der Waals surface area (Å²) in [5.74, 6) is -1.42. The highest BCUT2D eigenvalue weighted by Gasteiger charge is 2.38. The fourth-order valence-corrected chi connectivity index (χ4v) is 4.76. The topological polar surface area (TPSA) is 138 Å². The van der Waals surface area contributed by atoms with E-state index in [1.807, 2.05) is 42.7 Å². The number of benzene rings is 2. The molecule has 3 amide bonds. The number of carbonyl (C=O) groups excluding carboxylic acids is 4. The number of ether oxygens (including phenoxy) is 2. The van der Waals surface area contributed by atoms with Gasteiger partial charge in [-0.2, -0.15) is 17.0 Å². The van der Waals surface area contributed by atoms with E-state index in [4.69, 9.17) is 9.47 Å².